The van der Waals surface area contributed by atoms with Crippen LogP contribution in [0.4, 0.5) is 11.4 Å². The van der Waals surface area contributed by atoms with Gasteiger partial charge in [-0.2, -0.15) is 0 Å². The summed E-state index contributed by atoms with van der Waals surface area (Å²) in [5.74, 6) is -0.776. The second-order valence-electron chi connectivity index (χ2n) is 3.71. The van der Waals surface area contributed by atoms with E-state index >= 15 is 0 Å². The molecule has 0 amide bonds. The fraction of sp³-hybridized carbons (Fsp3) is 0.364. The van der Waals surface area contributed by atoms with Crippen LogP contribution in [-0.4, -0.2) is 35.8 Å². The summed E-state index contributed by atoms with van der Waals surface area (Å²) in [5, 5.41) is 22.7. The second-order valence-corrected chi connectivity index (χ2v) is 3.71. The lowest BCUT2D eigenvalue weighted by molar-refractivity contribution is -0.385. The van der Waals surface area contributed by atoms with Crippen LogP contribution >= 0.6 is 0 Å². The lowest BCUT2D eigenvalue weighted by atomic mass is 10.1. The molecule has 0 bridgehead atoms. The third-order valence-corrected chi connectivity index (χ3v) is 2.20. The van der Waals surface area contributed by atoms with Crippen LogP contribution in [-0.2, 0) is 4.74 Å². The molecule has 1 atom stereocenters. The van der Waals surface area contributed by atoms with Gasteiger partial charge < -0.3 is 15.2 Å². The topological polar surface area (TPSA) is 102 Å². The number of anilines is 1. The van der Waals surface area contributed by atoms with E-state index in [4.69, 9.17) is 5.11 Å². The molecule has 0 fully saturated rings. The first-order valence-corrected chi connectivity index (χ1v) is 5.24. The van der Waals surface area contributed by atoms with Crippen molar-refractivity contribution in [1.29, 1.82) is 0 Å². The molecule has 0 aliphatic carbocycles. The fourth-order valence-electron chi connectivity index (χ4n) is 1.34. The summed E-state index contributed by atoms with van der Waals surface area (Å²) in [6.07, 6.45) is -0.568. The number of benzene rings is 1. The molecule has 0 heterocycles. The van der Waals surface area contributed by atoms with E-state index in [1.807, 2.05) is 0 Å². The number of methoxy groups -OCH3 is 1. The molecule has 7 nitrogen and oxygen atoms in total. The maximum Gasteiger partial charge on any atom is 0.344 e. The Balaban J connectivity index is 3.05. The molecule has 0 radical (unpaired) electrons. The SMILES string of the molecule is COC(=O)c1cc(NCC(C)O)ccc1[N+](=O)[O-]. The molecule has 1 aromatic rings. The van der Waals surface area contributed by atoms with Crippen molar-refractivity contribution in [2.75, 3.05) is 19.0 Å². The zero-order chi connectivity index (χ0) is 13.7. The van der Waals surface area contributed by atoms with Gasteiger partial charge in [-0.15, -0.1) is 0 Å². The molecule has 0 saturated carbocycles. The van der Waals surface area contributed by atoms with Gasteiger partial charge in [0.2, 0.25) is 0 Å². The van der Waals surface area contributed by atoms with E-state index in [0.717, 1.165) is 7.11 Å². The first-order chi connectivity index (χ1) is 8.45. The number of nitrogens with one attached hydrogen (secondary N) is 1. The molecule has 0 saturated heterocycles. The van der Waals surface area contributed by atoms with Crippen molar-refractivity contribution in [2.45, 2.75) is 13.0 Å². The van der Waals surface area contributed by atoms with Crippen LogP contribution in [0.1, 0.15) is 17.3 Å². The minimum Gasteiger partial charge on any atom is -0.465 e. The summed E-state index contributed by atoms with van der Waals surface area (Å²) in [7, 11) is 1.15. The summed E-state index contributed by atoms with van der Waals surface area (Å²) in [4.78, 5) is 21.5. The Morgan fingerprint density at radius 1 is 1.61 bits per heavy atom. The number of ether oxygens (including phenoxy) is 1. The standard InChI is InChI=1S/C11H14N2O5/c1-7(14)6-12-8-3-4-10(13(16)17)9(5-8)11(15)18-2/h3-5,7,12,14H,6H2,1-2H3. The number of hydrogen-bond acceptors (Lipinski definition) is 6. The molecule has 0 aromatic heterocycles. The first kappa shape index (κ1) is 13.9. The van der Waals surface area contributed by atoms with Crippen molar-refractivity contribution in [3.05, 3.63) is 33.9 Å². The highest BCUT2D eigenvalue weighted by Gasteiger charge is 2.21. The molecule has 0 spiro atoms. The average Bonchev–Trinajstić information content (AvgIpc) is 2.34. The number of aliphatic hydroxyl groups is 1. The van der Waals surface area contributed by atoms with Crippen molar-refractivity contribution in [1.82, 2.24) is 0 Å². The molecule has 1 unspecified atom stereocenters. The Hall–Kier alpha value is -2.15. The highest BCUT2D eigenvalue weighted by atomic mass is 16.6. The number of nitro groups is 1. The number of carbonyl (C=O) groups is 1. The minimum atomic E-state index is -0.776. The quantitative estimate of drug-likeness (QED) is 0.464. The van der Waals surface area contributed by atoms with E-state index in [1.54, 1.807) is 6.92 Å². The molecular formula is C11H14N2O5. The normalized spacial score (nSPS) is 11.7. The molecule has 0 aliphatic rings. The van der Waals surface area contributed by atoms with Gasteiger partial charge in [-0.25, -0.2) is 4.79 Å². The van der Waals surface area contributed by atoms with Gasteiger partial charge in [0.1, 0.15) is 5.56 Å². The van der Waals surface area contributed by atoms with Gasteiger partial charge in [-0.1, -0.05) is 0 Å². The lowest BCUT2D eigenvalue weighted by Crippen LogP contribution is -2.16. The van der Waals surface area contributed by atoms with E-state index in [9.17, 15) is 14.9 Å². The van der Waals surface area contributed by atoms with E-state index < -0.39 is 17.0 Å². The van der Waals surface area contributed by atoms with Gasteiger partial charge >= 0.3 is 5.97 Å². The maximum atomic E-state index is 11.4. The Kier molecular flexibility index (Phi) is 4.61. The number of aliphatic hydroxyl groups excluding tert-OH is 1. The zero-order valence-corrected chi connectivity index (χ0v) is 10.0. The summed E-state index contributed by atoms with van der Waals surface area (Å²) >= 11 is 0. The van der Waals surface area contributed by atoms with Crippen molar-refractivity contribution in [3.8, 4) is 0 Å². The van der Waals surface area contributed by atoms with Gasteiger partial charge in [-0.05, 0) is 19.1 Å². The van der Waals surface area contributed by atoms with Crippen LogP contribution < -0.4 is 5.32 Å². The van der Waals surface area contributed by atoms with Gasteiger partial charge in [0.25, 0.3) is 5.69 Å². The second kappa shape index (κ2) is 5.97. The largest absolute Gasteiger partial charge is 0.465 e. The number of rotatable bonds is 5. The zero-order valence-electron chi connectivity index (χ0n) is 10.0. The van der Waals surface area contributed by atoms with E-state index in [1.165, 1.54) is 18.2 Å². The van der Waals surface area contributed by atoms with Crippen molar-refractivity contribution >= 4 is 17.3 Å². The number of carbonyl (C=O) groups excluding carboxylic acids is 1. The Bertz CT molecular complexity index is 459. The number of nitrogens with zero attached hydrogens (tertiary/aromatic N) is 1. The number of hydrogen-bond donors (Lipinski definition) is 2. The van der Waals surface area contributed by atoms with Crippen molar-refractivity contribution in [2.24, 2.45) is 0 Å². The Morgan fingerprint density at radius 2 is 2.28 bits per heavy atom. The average molecular weight is 254 g/mol. The van der Waals surface area contributed by atoms with Gasteiger partial charge in [0.05, 0.1) is 18.1 Å². The van der Waals surface area contributed by atoms with E-state index in [-0.39, 0.29) is 17.8 Å². The summed E-state index contributed by atoms with van der Waals surface area (Å²) in [6, 6.07) is 4.01. The summed E-state index contributed by atoms with van der Waals surface area (Å²) in [6.45, 7) is 1.87. The summed E-state index contributed by atoms with van der Waals surface area (Å²) in [5.41, 5.74) is 0.0597. The molecule has 98 valence electrons. The van der Waals surface area contributed by atoms with Gasteiger partial charge in [0, 0.05) is 18.3 Å². The predicted molar refractivity (Wildman–Crippen MR) is 64.6 cm³/mol. The van der Waals surface area contributed by atoms with Crippen molar-refractivity contribution < 1.29 is 19.6 Å². The molecule has 18 heavy (non-hydrogen) atoms. The number of nitro benzene ring substituents is 1. The third kappa shape index (κ3) is 3.42. The van der Waals surface area contributed by atoms with Gasteiger partial charge in [0.15, 0.2) is 0 Å². The first-order valence-electron chi connectivity index (χ1n) is 5.24. The Labute approximate surface area is 104 Å². The Morgan fingerprint density at radius 3 is 2.78 bits per heavy atom. The molecule has 0 aliphatic heterocycles. The van der Waals surface area contributed by atoms with E-state index in [2.05, 4.69) is 10.1 Å². The van der Waals surface area contributed by atoms with Crippen LogP contribution in [0.5, 0.6) is 0 Å². The highest BCUT2D eigenvalue weighted by molar-refractivity contribution is 5.95. The smallest absolute Gasteiger partial charge is 0.344 e. The minimum absolute atomic E-state index is 0.127. The number of esters is 1. The molecule has 1 aromatic carbocycles. The lowest BCUT2D eigenvalue weighted by Gasteiger charge is -2.09. The maximum absolute atomic E-state index is 11.4. The fourth-order valence-corrected chi connectivity index (χ4v) is 1.34. The van der Waals surface area contributed by atoms with Crippen LogP contribution in [0.15, 0.2) is 18.2 Å². The van der Waals surface area contributed by atoms with Crippen LogP contribution in [0.3, 0.4) is 0 Å². The molecule has 2 N–H and O–H groups in total. The highest BCUT2D eigenvalue weighted by Crippen LogP contribution is 2.23. The van der Waals surface area contributed by atoms with Crippen LogP contribution in [0.25, 0.3) is 0 Å². The van der Waals surface area contributed by atoms with Crippen LogP contribution in [0, 0.1) is 10.1 Å². The summed E-state index contributed by atoms with van der Waals surface area (Å²) < 4.78 is 4.49. The predicted octanol–water partition coefficient (Wildman–Crippen LogP) is 1.17. The van der Waals surface area contributed by atoms with Gasteiger partial charge in [-0.3, -0.25) is 10.1 Å². The monoisotopic (exact) mass is 254 g/mol. The van der Waals surface area contributed by atoms with Crippen molar-refractivity contribution in [3.63, 3.8) is 0 Å². The molecule has 1 rings (SSSR count). The molecule has 7 heteroatoms. The van der Waals surface area contributed by atoms with E-state index in [0.29, 0.717) is 5.69 Å². The molecular weight excluding hydrogens is 240 g/mol. The third-order valence-electron chi connectivity index (χ3n) is 2.20. The van der Waals surface area contributed by atoms with Crippen LogP contribution in [0.2, 0.25) is 0 Å².